The molecule has 0 aliphatic rings. The van der Waals surface area contributed by atoms with Gasteiger partial charge in [-0.25, -0.2) is 0 Å². The molecule has 0 spiro atoms. The van der Waals surface area contributed by atoms with E-state index in [0.717, 1.165) is 16.1 Å². The SMILES string of the molecule is C=O.Clc1ccccc1-c1ccccc1. The van der Waals surface area contributed by atoms with E-state index in [-0.39, 0.29) is 0 Å². The summed E-state index contributed by atoms with van der Waals surface area (Å²) >= 11 is 6.06. The fourth-order valence-electron chi connectivity index (χ4n) is 1.31. The minimum absolute atomic E-state index is 0.800. The summed E-state index contributed by atoms with van der Waals surface area (Å²) in [6.45, 7) is 2.00. The first-order chi connectivity index (χ1) is 7.38. The van der Waals surface area contributed by atoms with Crippen molar-refractivity contribution in [1.29, 1.82) is 0 Å². The number of rotatable bonds is 1. The molecule has 2 aromatic rings. The van der Waals surface area contributed by atoms with Gasteiger partial charge in [0.15, 0.2) is 0 Å². The topological polar surface area (TPSA) is 17.1 Å². The maximum absolute atomic E-state index is 8.00. The first-order valence-corrected chi connectivity index (χ1v) is 4.84. The Morgan fingerprint density at radius 1 is 0.800 bits per heavy atom. The van der Waals surface area contributed by atoms with Gasteiger partial charge in [0, 0.05) is 10.6 Å². The second-order valence-corrected chi connectivity index (χ2v) is 3.25. The molecule has 0 fully saturated rings. The number of halogens is 1. The molecule has 2 rings (SSSR count). The zero-order valence-corrected chi connectivity index (χ0v) is 8.95. The summed E-state index contributed by atoms with van der Waals surface area (Å²) in [5.74, 6) is 0. The van der Waals surface area contributed by atoms with E-state index in [9.17, 15) is 0 Å². The van der Waals surface area contributed by atoms with E-state index in [1.165, 1.54) is 0 Å². The molecule has 0 atom stereocenters. The third-order valence-corrected chi connectivity index (χ3v) is 2.29. The normalized spacial score (nSPS) is 8.87. The lowest BCUT2D eigenvalue weighted by molar-refractivity contribution is -0.0979. The molecule has 0 aliphatic heterocycles. The quantitative estimate of drug-likeness (QED) is 0.711. The molecule has 0 saturated carbocycles. The summed E-state index contributed by atoms with van der Waals surface area (Å²) in [7, 11) is 0. The predicted molar refractivity (Wildman–Crippen MR) is 64.0 cm³/mol. The highest BCUT2D eigenvalue weighted by Crippen LogP contribution is 2.26. The Bertz CT molecular complexity index is 412. The van der Waals surface area contributed by atoms with Crippen LogP contribution in [0.25, 0.3) is 11.1 Å². The molecular formula is C13H11ClO. The largest absolute Gasteiger partial charge is 0.307 e. The zero-order valence-electron chi connectivity index (χ0n) is 8.19. The third kappa shape index (κ3) is 2.93. The van der Waals surface area contributed by atoms with Crippen LogP contribution in [0, 0.1) is 0 Å². The highest BCUT2D eigenvalue weighted by Gasteiger charge is 1.99. The van der Waals surface area contributed by atoms with Crippen LogP contribution in [0.15, 0.2) is 54.6 Å². The first kappa shape index (κ1) is 11.5. The van der Waals surface area contributed by atoms with Crippen LogP contribution in [0.4, 0.5) is 0 Å². The smallest absolute Gasteiger partial charge is 0.106 e. The van der Waals surface area contributed by atoms with Crippen molar-refractivity contribution in [3.8, 4) is 11.1 Å². The van der Waals surface area contributed by atoms with Crippen molar-refractivity contribution in [3.63, 3.8) is 0 Å². The Labute approximate surface area is 94.3 Å². The lowest BCUT2D eigenvalue weighted by Gasteiger charge is -2.02. The molecule has 0 N–H and O–H groups in total. The van der Waals surface area contributed by atoms with Gasteiger partial charge in [0.25, 0.3) is 0 Å². The molecule has 0 aliphatic carbocycles. The summed E-state index contributed by atoms with van der Waals surface area (Å²) in [4.78, 5) is 8.00. The van der Waals surface area contributed by atoms with Crippen LogP contribution in [-0.4, -0.2) is 6.79 Å². The van der Waals surface area contributed by atoms with Crippen molar-refractivity contribution in [2.45, 2.75) is 0 Å². The van der Waals surface area contributed by atoms with Gasteiger partial charge in [-0.15, -0.1) is 0 Å². The van der Waals surface area contributed by atoms with Gasteiger partial charge in [-0.05, 0) is 11.6 Å². The van der Waals surface area contributed by atoms with Crippen molar-refractivity contribution in [1.82, 2.24) is 0 Å². The van der Waals surface area contributed by atoms with E-state index in [1.54, 1.807) is 0 Å². The number of carbonyl (C=O) groups is 1. The average molecular weight is 219 g/mol. The number of hydrogen-bond donors (Lipinski definition) is 0. The van der Waals surface area contributed by atoms with Crippen LogP contribution in [0.5, 0.6) is 0 Å². The van der Waals surface area contributed by atoms with Gasteiger partial charge in [0.05, 0.1) is 0 Å². The second-order valence-electron chi connectivity index (χ2n) is 2.85. The molecule has 0 heterocycles. The summed E-state index contributed by atoms with van der Waals surface area (Å²) in [6, 6.07) is 18.0. The van der Waals surface area contributed by atoms with Crippen LogP contribution in [0.2, 0.25) is 5.02 Å². The van der Waals surface area contributed by atoms with E-state index in [1.807, 2.05) is 49.3 Å². The molecule has 76 valence electrons. The lowest BCUT2D eigenvalue weighted by Crippen LogP contribution is -1.77. The summed E-state index contributed by atoms with van der Waals surface area (Å²) < 4.78 is 0. The fraction of sp³-hybridized carbons (Fsp3) is 0. The lowest BCUT2D eigenvalue weighted by atomic mass is 10.1. The van der Waals surface area contributed by atoms with Gasteiger partial charge < -0.3 is 4.79 Å². The van der Waals surface area contributed by atoms with Crippen molar-refractivity contribution in [3.05, 3.63) is 59.6 Å². The van der Waals surface area contributed by atoms with Gasteiger partial charge >= 0.3 is 0 Å². The average Bonchev–Trinajstić information content (AvgIpc) is 2.33. The standard InChI is InChI=1S/C12H9Cl.CH2O/c13-12-9-5-4-8-11(12)10-6-2-1-3-7-10;1-2/h1-9H;1H2. The Morgan fingerprint density at radius 3 is 1.93 bits per heavy atom. The maximum Gasteiger partial charge on any atom is 0.106 e. The molecule has 0 saturated heterocycles. The van der Waals surface area contributed by atoms with Gasteiger partial charge in [-0.3, -0.25) is 0 Å². The van der Waals surface area contributed by atoms with Crippen molar-refractivity contribution in [2.24, 2.45) is 0 Å². The Balaban J connectivity index is 0.000000531. The summed E-state index contributed by atoms with van der Waals surface area (Å²) in [6.07, 6.45) is 0. The first-order valence-electron chi connectivity index (χ1n) is 4.47. The van der Waals surface area contributed by atoms with E-state index in [4.69, 9.17) is 16.4 Å². The molecule has 2 heteroatoms. The van der Waals surface area contributed by atoms with E-state index < -0.39 is 0 Å². The molecular weight excluding hydrogens is 208 g/mol. The second kappa shape index (κ2) is 5.99. The van der Waals surface area contributed by atoms with Gasteiger partial charge in [-0.2, -0.15) is 0 Å². The monoisotopic (exact) mass is 218 g/mol. The molecule has 0 bridgehead atoms. The number of carbonyl (C=O) groups excluding carboxylic acids is 1. The van der Waals surface area contributed by atoms with Gasteiger partial charge in [0.2, 0.25) is 0 Å². The van der Waals surface area contributed by atoms with Crippen LogP contribution in [0.3, 0.4) is 0 Å². The molecule has 1 nitrogen and oxygen atoms in total. The summed E-state index contributed by atoms with van der Waals surface area (Å²) in [5, 5.41) is 0.800. The fourth-order valence-corrected chi connectivity index (χ4v) is 1.56. The van der Waals surface area contributed by atoms with Crippen molar-refractivity contribution in [2.75, 3.05) is 0 Å². The molecule has 2 aromatic carbocycles. The molecule has 0 unspecified atom stereocenters. The Morgan fingerprint density at radius 2 is 1.33 bits per heavy atom. The minimum Gasteiger partial charge on any atom is -0.307 e. The van der Waals surface area contributed by atoms with Crippen LogP contribution in [0.1, 0.15) is 0 Å². The predicted octanol–water partition coefficient (Wildman–Crippen LogP) is 3.82. The van der Waals surface area contributed by atoms with Gasteiger partial charge in [-0.1, -0.05) is 60.1 Å². The summed E-state index contributed by atoms with van der Waals surface area (Å²) in [5.41, 5.74) is 2.25. The minimum atomic E-state index is 0.800. The number of hydrogen-bond acceptors (Lipinski definition) is 1. The van der Waals surface area contributed by atoms with Crippen LogP contribution >= 0.6 is 11.6 Å². The van der Waals surface area contributed by atoms with E-state index in [0.29, 0.717) is 0 Å². The molecule has 15 heavy (non-hydrogen) atoms. The number of benzene rings is 2. The van der Waals surface area contributed by atoms with Crippen molar-refractivity contribution >= 4 is 18.4 Å². The van der Waals surface area contributed by atoms with Crippen LogP contribution < -0.4 is 0 Å². The van der Waals surface area contributed by atoms with E-state index in [2.05, 4.69) is 12.1 Å². The van der Waals surface area contributed by atoms with Crippen LogP contribution in [-0.2, 0) is 4.79 Å². The maximum atomic E-state index is 8.00. The Kier molecular flexibility index (Phi) is 4.58. The highest BCUT2D eigenvalue weighted by atomic mass is 35.5. The van der Waals surface area contributed by atoms with E-state index >= 15 is 0 Å². The zero-order chi connectivity index (χ0) is 11.1. The Hall–Kier alpha value is -1.60. The molecule has 0 aromatic heterocycles. The third-order valence-electron chi connectivity index (χ3n) is 1.96. The van der Waals surface area contributed by atoms with Crippen molar-refractivity contribution < 1.29 is 4.79 Å². The molecule has 0 radical (unpaired) electrons. The highest BCUT2D eigenvalue weighted by molar-refractivity contribution is 6.33. The molecule has 0 amide bonds. The van der Waals surface area contributed by atoms with Gasteiger partial charge in [0.1, 0.15) is 6.79 Å².